The van der Waals surface area contributed by atoms with E-state index in [0.717, 1.165) is 0 Å². The molecule has 5 nitrogen and oxygen atoms in total. The van der Waals surface area contributed by atoms with Crippen LogP contribution in [0.3, 0.4) is 0 Å². The normalized spacial score (nSPS) is 12.2. The van der Waals surface area contributed by atoms with E-state index in [4.69, 9.17) is 10.6 Å². The molecule has 0 saturated heterocycles. The van der Waals surface area contributed by atoms with E-state index in [1.807, 2.05) is 0 Å². The Morgan fingerprint density at radius 3 is 2.79 bits per heavy atom. The van der Waals surface area contributed by atoms with E-state index in [0.29, 0.717) is 17.1 Å². The first-order chi connectivity index (χ1) is 9.17. The van der Waals surface area contributed by atoms with E-state index < -0.39 is 11.9 Å². The summed E-state index contributed by atoms with van der Waals surface area (Å²) < 4.78 is 19.2. The molecule has 0 amide bonds. The second kappa shape index (κ2) is 5.73. The van der Waals surface area contributed by atoms with Gasteiger partial charge in [0.1, 0.15) is 5.82 Å². The van der Waals surface area contributed by atoms with Gasteiger partial charge in [-0.3, -0.25) is 5.84 Å². The fourth-order valence-corrected chi connectivity index (χ4v) is 1.88. The number of ether oxygens (including phenoxy) is 1. The van der Waals surface area contributed by atoms with Crippen molar-refractivity contribution < 1.29 is 9.13 Å². The Kier molecular flexibility index (Phi) is 4.03. The highest BCUT2D eigenvalue weighted by molar-refractivity contribution is 5.36. The first kappa shape index (κ1) is 13.4. The van der Waals surface area contributed by atoms with Crippen molar-refractivity contribution in [2.75, 3.05) is 7.11 Å². The van der Waals surface area contributed by atoms with Gasteiger partial charge in [-0.2, -0.15) is 0 Å². The molecule has 0 bridgehead atoms. The van der Waals surface area contributed by atoms with Crippen LogP contribution in [0.1, 0.15) is 23.1 Å². The number of aromatic nitrogens is 2. The molecule has 0 aliphatic heterocycles. The van der Waals surface area contributed by atoms with E-state index in [2.05, 4.69) is 15.4 Å². The van der Waals surface area contributed by atoms with Crippen LogP contribution in [-0.2, 0) is 0 Å². The number of rotatable bonds is 4. The van der Waals surface area contributed by atoms with E-state index in [1.165, 1.54) is 7.11 Å². The third-order valence-electron chi connectivity index (χ3n) is 2.78. The van der Waals surface area contributed by atoms with Crippen LogP contribution < -0.4 is 16.0 Å². The molecule has 3 N–H and O–H groups in total. The summed E-state index contributed by atoms with van der Waals surface area (Å²) in [5.41, 5.74) is 3.54. The monoisotopic (exact) mass is 262 g/mol. The molecule has 1 atom stereocenters. The highest BCUT2D eigenvalue weighted by Gasteiger charge is 2.20. The lowest BCUT2D eigenvalue weighted by Gasteiger charge is -2.17. The zero-order valence-electron chi connectivity index (χ0n) is 10.7. The van der Waals surface area contributed by atoms with Crippen molar-refractivity contribution in [2.24, 2.45) is 5.84 Å². The van der Waals surface area contributed by atoms with Gasteiger partial charge in [-0.1, -0.05) is 12.1 Å². The SMILES string of the molecule is COc1cccc(C(NN)c2ccnc(C)n2)c1F. The Morgan fingerprint density at radius 1 is 1.37 bits per heavy atom. The molecular formula is C13H15FN4O. The molecule has 1 heterocycles. The Hall–Kier alpha value is -2.05. The Morgan fingerprint density at radius 2 is 2.16 bits per heavy atom. The van der Waals surface area contributed by atoms with Crippen molar-refractivity contribution in [1.29, 1.82) is 0 Å². The van der Waals surface area contributed by atoms with Gasteiger partial charge < -0.3 is 4.74 Å². The second-order valence-electron chi connectivity index (χ2n) is 3.99. The van der Waals surface area contributed by atoms with Crippen molar-refractivity contribution in [3.63, 3.8) is 0 Å². The van der Waals surface area contributed by atoms with Gasteiger partial charge in [-0.15, -0.1) is 0 Å². The van der Waals surface area contributed by atoms with Gasteiger partial charge in [0.25, 0.3) is 0 Å². The van der Waals surface area contributed by atoms with Crippen molar-refractivity contribution in [3.05, 3.63) is 53.4 Å². The maximum absolute atomic E-state index is 14.2. The lowest BCUT2D eigenvalue weighted by atomic mass is 10.0. The summed E-state index contributed by atoms with van der Waals surface area (Å²) in [5, 5.41) is 0. The zero-order chi connectivity index (χ0) is 13.8. The summed E-state index contributed by atoms with van der Waals surface area (Å²) >= 11 is 0. The summed E-state index contributed by atoms with van der Waals surface area (Å²) in [5.74, 6) is 5.84. The summed E-state index contributed by atoms with van der Waals surface area (Å²) in [4.78, 5) is 8.26. The lowest BCUT2D eigenvalue weighted by Crippen LogP contribution is -2.30. The Balaban J connectivity index is 2.48. The molecule has 100 valence electrons. The minimum atomic E-state index is -0.559. The van der Waals surface area contributed by atoms with Crippen LogP contribution in [0.5, 0.6) is 5.75 Å². The fraction of sp³-hybridized carbons (Fsp3) is 0.231. The lowest BCUT2D eigenvalue weighted by molar-refractivity contribution is 0.381. The number of nitrogens with zero attached hydrogens (tertiary/aromatic N) is 2. The number of nitrogens with one attached hydrogen (secondary N) is 1. The molecule has 0 aliphatic carbocycles. The number of hydrazine groups is 1. The number of hydrogen-bond donors (Lipinski definition) is 2. The molecule has 0 spiro atoms. The highest BCUT2D eigenvalue weighted by atomic mass is 19.1. The molecule has 0 fully saturated rings. The summed E-state index contributed by atoms with van der Waals surface area (Å²) in [6, 6.07) is 6.03. The van der Waals surface area contributed by atoms with Gasteiger partial charge >= 0.3 is 0 Å². The molecular weight excluding hydrogens is 247 g/mol. The molecule has 6 heteroatoms. The maximum Gasteiger partial charge on any atom is 0.170 e. The van der Waals surface area contributed by atoms with Crippen LogP contribution in [-0.4, -0.2) is 17.1 Å². The van der Waals surface area contributed by atoms with Gasteiger partial charge in [0.2, 0.25) is 0 Å². The molecule has 1 aromatic carbocycles. The number of methoxy groups -OCH3 is 1. The van der Waals surface area contributed by atoms with Crippen LogP contribution >= 0.6 is 0 Å². The Labute approximate surface area is 110 Å². The molecule has 1 aromatic heterocycles. The molecule has 0 radical (unpaired) electrons. The van der Waals surface area contributed by atoms with Crippen LogP contribution in [0.4, 0.5) is 4.39 Å². The summed E-state index contributed by atoms with van der Waals surface area (Å²) in [7, 11) is 1.42. The number of halogens is 1. The third kappa shape index (κ3) is 2.69. The fourth-order valence-electron chi connectivity index (χ4n) is 1.88. The molecule has 0 saturated carbocycles. The topological polar surface area (TPSA) is 73.1 Å². The van der Waals surface area contributed by atoms with Crippen LogP contribution in [0.25, 0.3) is 0 Å². The average Bonchev–Trinajstić information content (AvgIpc) is 2.41. The quantitative estimate of drug-likeness (QED) is 0.645. The molecule has 2 rings (SSSR count). The zero-order valence-corrected chi connectivity index (χ0v) is 10.7. The number of aryl methyl sites for hydroxylation is 1. The molecule has 1 unspecified atom stereocenters. The first-order valence-electron chi connectivity index (χ1n) is 5.75. The van der Waals surface area contributed by atoms with E-state index in [1.54, 1.807) is 37.4 Å². The smallest absolute Gasteiger partial charge is 0.170 e. The molecule has 0 aliphatic rings. The maximum atomic E-state index is 14.2. The number of nitrogens with two attached hydrogens (primary N) is 1. The van der Waals surface area contributed by atoms with Crippen molar-refractivity contribution in [1.82, 2.24) is 15.4 Å². The van der Waals surface area contributed by atoms with E-state index in [-0.39, 0.29) is 5.75 Å². The van der Waals surface area contributed by atoms with E-state index in [9.17, 15) is 4.39 Å². The van der Waals surface area contributed by atoms with Crippen LogP contribution in [0.15, 0.2) is 30.5 Å². The van der Waals surface area contributed by atoms with Gasteiger partial charge in [-0.25, -0.2) is 19.8 Å². The molecule has 2 aromatic rings. The predicted molar refractivity (Wildman–Crippen MR) is 68.9 cm³/mol. The minimum Gasteiger partial charge on any atom is -0.494 e. The van der Waals surface area contributed by atoms with E-state index >= 15 is 0 Å². The summed E-state index contributed by atoms with van der Waals surface area (Å²) in [6.45, 7) is 1.76. The Bertz CT molecular complexity index is 576. The molecule has 19 heavy (non-hydrogen) atoms. The van der Waals surface area contributed by atoms with Crippen LogP contribution in [0.2, 0.25) is 0 Å². The van der Waals surface area contributed by atoms with Crippen molar-refractivity contribution in [2.45, 2.75) is 13.0 Å². The first-order valence-corrected chi connectivity index (χ1v) is 5.75. The highest BCUT2D eigenvalue weighted by Crippen LogP contribution is 2.27. The van der Waals surface area contributed by atoms with Crippen molar-refractivity contribution >= 4 is 0 Å². The summed E-state index contributed by atoms with van der Waals surface area (Å²) in [6.07, 6.45) is 1.61. The van der Waals surface area contributed by atoms with Crippen molar-refractivity contribution in [3.8, 4) is 5.75 Å². The number of benzene rings is 1. The average molecular weight is 262 g/mol. The largest absolute Gasteiger partial charge is 0.494 e. The van der Waals surface area contributed by atoms with Gasteiger partial charge in [0.15, 0.2) is 11.6 Å². The number of hydrogen-bond acceptors (Lipinski definition) is 5. The predicted octanol–water partition coefficient (Wildman–Crippen LogP) is 1.49. The second-order valence-corrected chi connectivity index (χ2v) is 3.99. The van der Waals surface area contributed by atoms with Gasteiger partial charge in [0, 0.05) is 11.8 Å². The standard InChI is InChI=1S/C13H15FN4O/c1-8-16-7-6-10(17-8)13(18-15)9-4-3-5-11(19-2)12(9)14/h3-7,13,18H,15H2,1-2H3. The minimum absolute atomic E-state index is 0.170. The van der Waals surface area contributed by atoms with Crippen LogP contribution in [0, 0.1) is 12.7 Å². The van der Waals surface area contributed by atoms with Gasteiger partial charge in [-0.05, 0) is 19.1 Å². The third-order valence-corrected chi connectivity index (χ3v) is 2.78. The van der Waals surface area contributed by atoms with Gasteiger partial charge in [0.05, 0.1) is 18.8 Å².